The van der Waals surface area contributed by atoms with Gasteiger partial charge in [-0.2, -0.15) is 0 Å². The maximum atomic E-state index is 12.8. The van der Waals surface area contributed by atoms with Gasteiger partial charge in [-0.1, -0.05) is 42.5 Å². The van der Waals surface area contributed by atoms with Gasteiger partial charge < -0.3 is 19.9 Å². The summed E-state index contributed by atoms with van der Waals surface area (Å²) in [5.41, 5.74) is 2.84. The third-order valence-corrected chi connectivity index (χ3v) is 5.93. The van der Waals surface area contributed by atoms with E-state index < -0.39 is 23.8 Å². The number of aryl methyl sites for hydroxylation is 1. The molecule has 36 heavy (non-hydrogen) atoms. The molecule has 8 heteroatoms. The van der Waals surface area contributed by atoms with E-state index in [0.29, 0.717) is 44.2 Å². The van der Waals surface area contributed by atoms with Crippen molar-refractivity contribution < 1.29 is 29.0 Å². The minimum atomic E-state index is -0.825. The Morgan fingerprint density at radius 1 is 0.972 bits per heavy atom. The van der Waals surface area contributed by atoms with Gasteiger partial charge in [-0.3, -0.25) is 10.1 Å². The second kappa shape index (κ2) is 12.4. The number of carboxylic acid groups (broad SMARTS) is 1. The molecule has 1 aliphatic rings. The van der Waals surface area contributed by atoms with Gasteiger partial charge in [0.2, 0.25) is 0 Å². The Hall–Kier alpha value is -3.55. The molecule has 0 aromatic heterocycles. The predicted octanol–water partition coefficient (Wildman–Crippen LogP) is 6.15. The van der Waals surface area contributed by atoms with Crippen LogP contribution in [0.5, 0.6) is 0 Å². The molecular formula is C28H36N2O6. The lowest BCUT2D eigenvalue weighted by atomic mass is 9.93. The summed E-state index contributed by atoms with van der Waals surface area (Å²) in [6.45, 7) is 5.47. The molecule has 1 fully saturated rings. The summed E-state index contributed by atoms with van der Waals surface area (Å²) in [6, 6.07) is 15.5. The highest BCUT2D eigenvalue weighted by Crippen LogP contribution is 2.30. The number of ether oxygens (including phenoxy) is 2. The summed E-state index contributed by atoms with van der Waals surface area (Å²) < 4.78 is 11.0. The van der Waals surface area contributed by atoms with E-state index in [1.807, 2.05) is 69.3 Å². The highest BCUT2D eigenvalue weighted by molar-refractivity contribution is 5.91. The van der Waals surface area contributed by atoms with Crippen LogP contribution in [0.1, 0.15) is 64.9 Å². The molecule has 194 valence electrons. The summed E-state index contributed by atoms with van der Waals surface area (Å²) in [4.78, 5) is 35.7. The summed E-state index contributed by atoms with van der Waals surface area (Å²) in [5, 5.41) is 14.7. The third kappa shape index (κ3) is 8.91. The van der Waals surface area contributed by atoms with E-state index in [1.54, 1.807) is 0 Å². The van der Waals surface area contributed by atoms with Crippen LogP contribution in [0.3, 0.4) is 0 Å². The van der Waals surface area contributed by atoms with E-state index >= 15 is 0 Å². The fraction of sp³-hybridized carbons (Fsp3) is 0.464. The summed E-state index contributed by atoms with van der Waals surface area (Å²) in [5.74, 6) is -0.825. The van der Waals surface area contributed by atoms with Gasteiger partial charge >= 0.3 is 18.2 Å². The number of rotatable bonds is 8. The number of hydrogen-bond acceptors (Lipinski definition) is 5. The molecule has 0 radical (unpaired) electrons. The zero-order valence-corrected chi connectivity index (χ0v) is 21.2. The van der Waals surface area contributed by atoms with Crippen LogP contribution in [0.4, 0.5) is 15.3 Å². The molecule has 0 bridgehead atoms. The Balaban J connectivity index is 1.59. The largest absolute Gasteiger partial charge is 0.481 e. The van der Waals surface area contributed by atoms with Crippen molar-refractivity contribution in [2.24, 2.45) is 0 Å². The maximum absolute atomic E-state index is 12.8. The van der Waals surface area contributed by atoms with Gasteiger partial charge in [0.1, 0.15) is 11.7 Å². The quantitative estimate of drug-likeness (QED) is 0.404. The highest BCUT2D eigenvalue weighted by Gasteiger charge is 2.27. The van der Waals surface area contributed by atoms with Crippen LogP contribution in [-0.4, -0.2) is 41.0 Å². The average Bonchev–Trinajstić information content (AvgIpc) is 2.79. The van der Waals surface area contributed by atoms with Gasteiger partial charge in [0.15, 0.2) is 0 Å². The molecule has 1 aliphatic carbocycles. The number of hydrogen-bond donors (Lipinski definition) is 3. The Kier molecular flexibility index (Phi) is 9.33. The molecule has 2 aromatic carbocycles. The number of amides is 2. The molecule has 8 nitrogen and oxygen atoms in total. The van der Waals surface area contributed by atoms with Crippen molar-refractivity contribution in [1.82, 2.24) is 5.32 Å². The first-order chi connectivity index (χ1) is 17.1. The van der Waals surface area contributed by atoms with Crippen LogP contribution >= 0.6 is 0 Å². The lowest BCUT2D eigenvalue weighted by molar-refractivity contribution is -0.137. The van der Waals surface area contributed by atoms with E-state index in [4.69, 9.17) is 14.6 Å². The number of benzene rings is 2. The molecule has 2 aromatic rings. The lowest BCUT2D eigenvalue weighted by Crippen LogP contribution is -2.42. The zero-order chi connectivity index (χ0) is 26.1. The van der Waals surface area contributed by atoms with Crippen molar-refractivity contribution in [3.8, 4) is 11.1 Å². The Morgan fingerprint density at radius 3 is 2.31 bits per heavy atom. The second-order valence-corrected chi connectivity index (χ2v) is 10.1. The van der Waals surface area contributed by atoms with Crippen molar-refractivity contribution in [2.45, 2.75) is 83.5 Å². The van der Waals surface area contributed by atoms with Crippen LogP contribution in [-0.2, 0) is 20.7 Å². The van der Waals surface area contributed by atoms with Gasteiger partial charge in [0.25, 0.3) is 0 Å². The Bertz CT molecular complexity index is 1040. The Morgan fingerprint density at radius 2 is 1.67 bits per heavy atom. The molecule has 0 heterocycles. The topological polar surface area (TPSA) is 114 Å². The average molecular weight is 497 g/mol. The first-order valence-corrected chi connectivity index (χ1v) is 12.5. The number of carboxylic acids is 1. The Labute approximate surface area is 212 Å². The summed E-state index contributed by atoms with van der Waals surface area (Å²) in [7, 11) is 0. The van der Waals surface area contributed by atoms with Crippen LogP contribution in [0.25, 0.3) is 11.1 Å². The van der Waals surface area contributed by atoms with Crippen LogP contribution in [0, 0.1) is 0 Å². The normalized spacial score (nSPS) is 17.6. The summed E-state index contributed by atoms with van der Waals surface area (Å²) in [6.07, 6.45) is 2.71. The van der Waals surface area contributed by atoms with Gasteiger partial charge in [-0.05, 0) is 76.5 Å². The predicted molar refractivity (Wildman–Crippen MR) is 138 cm³/mol. The number of anilines is 1. The van der Waals surface area contributed by atoms with Gasteiger partial charge in [0, 0.05) is 18.0 Å². The van der Waals surface area contributed by atoms with Crippen molar-refractivity contribution >= 4 is 23.8 Å². The van der Waals surface area contributed by atoms with Gasteiger partial charge in [-0.25, -0.2) is 9.59 Å². The monoisotopic (exact) mass is 496 g/mol. The summed E-state index contributed by atoms with van der Waals surface area (Å²) >= 11 is 0. The van der Waals surface area contributed by atoms with E-state index in [0.717, 1.165) is 16.7 Å². The molecule has 0 atom stereocenters. The van der Waals surface area contributed by atoms with Crippen LogP contribution < -0.4 is 10.6 Å². The third-order valence-electron chi connectivity index (χ3n) is 5.93. The van der Waals surface area contributed by atoms with Crippen LogP contribution in [0.15, 0.2) is 48.5 Å². The fourth-order valence-electron chi connectivity index (χ4n) is 4.25. The number of alkyl carbamates (subject to hydrolysis) is 1. The van der Waals surface area contributed by atoms with Crippen LogP contribution in [0.2, 0.25) is 0 Å². The molecule has 0 aliphatic heterocycles. The van der Waals surface area contributed by atoms with Crippen molar-refractivity contribution in [2.75, 3.05) is 5.32 Å². The molecule has 3 rings (SSSR count). The van der Waals surface area contributed by atoms with Crippen molar-refractivity contribution in [1.29, 1.82) is 0 Å². The smallest absolute Gasteiger partial charge is 0.411 e. The van der Waals surface area contributed by atoms with Crippen molar-refractivity contribution in [3.05, 3.63) is 54.1 Å². The molecule has 2 amide bonds. The first-order valence-electron chi connectivity index (χ1n) is 12.5. The maximum Gasteiger partial charge on any atom is 0.411 e. The van der Waals surface area contributed by atoms with Crippen molar-refractivity contribution in [3.63, 3.8) is 0 Å². The minimum absolute atomic E-state index is 0.00470. The number of nitrogens with one attached hydrogen (secondary N) is 2. The molecule has 1 saturated carbocycles. The molecular weight excluding hydrogens is 460 g/mol. The molecule has 0 spiro atoms. The standard InChI is InChI=1S/C28H36N2O6/c1-28(2,3)36-27(34)29-21-13-15-22(16-14-21)35-26(33)30-24-18-19(8-7-11-25(31)32)12-17-23(24)20-9-5-4-6-10-20/h4-6,9-10,12,17-18,21-22H,7-8,11,13-16H2,1-3H3,(H,29,34)(H,30,33)(H,31,32)/t21-,22-. The minimum Gasteiger partial charge on any atom is -0.481 e. The SMILES string of the molecule is CC(C)(C)OC(=O)N[C@H]1CC[C@H](OC(=O)Nc2cc(CCCC(=O)O)ccc2-c2ccccc2)CC1. The zero-order valence-electron chi connectivity index (χ0n) is 21.2. The number of aliphatic carboxylic acids is 1. The highest BCUT2D eigenvalue weighted by atomic mass is 16.6. The number of carbonyl (C=O) groups excluding carboxylic acids is 2. The van der Waals surface area contributed by atoms with E-state index in [2.05, 4.69) is 10.6 Å². The van der Waals surface area contributed by atoms with Gasteiger partial charge in [-0.15, -0.1) is 0 Å². The second-order valence-electron chi connectivity index (χ2n) is 10.1. The molecule has 0 unspecified atom stereocenters. The van der Waals surface area contributed by atoms with E-state index in [-0.39, 0.29) is 18.6 Å². The lowest BCUT2D eigenvalue weighted by Gasteiger charge is -2.30. The van der Waals surface area contributed by atoms with E-state index in [1.165, 1.54) is 0 Å². The molecule has 3 N–H and O–H groups in total. The molecule has 0 saturated heterocycles. The van der Waals surface area contributed by atoms with E-state index in [9.17, 15) is 14.4 Å². The first kappa shape index (κ1) is 27.0. The van der Waals surface area contributed by atoms with Gasteiger partial charge in [0.05, 0.1) is 5.69 Å². The fourth-order valence-corrected chi connectivity index (χ4v) is 4.25. The number of carbonyl (C=O) groups is 3.